The second-order valence-corrected chi connectivity index (χ2v) is 5.89. The first-order valence-corrected chi connectivity index (χ1v) is 7.83. The van der Waals surface area contributed by atoms with Crippen LogP contribution in [0.25, 0.3) is 0 Å². The lowest BCUT2D eigenvalue weighted by molar-refractivity contribution is -0.128. The highest BCUT2D eigenvalue weighted by atomic mass is 32.1. The van der Waals surface area contributed by atoms with Crippen LogP contribution in [0.1, 0.15) is 22.5 Å². The average Bonchev–Trinajstić information content (AvgIpc) is 3.17. The zero-order valence-corrected chi connectivity index (χ0v) is 12.8. The molecule has 2 aromatic rings. The van der Waals surface area contributed by atoms with E-state index in [0.29, 0.717) is 31.7 Å². The first-order chi connectivity index (χ1) is 10.7. The number of hydrogen-bond donors (Lipinski definition) is 1. The van der Waals surface area contributed by atoms with Gasteiger partial charge in [-0.2, -0.15) is 8.75 Å². The van der Waals surface area contributed by atoms with Crippen LogP contribution in [0.3, 0.4) is 0 Å². The third kappa shape index (κ3) is 3.48. The van der Waals surface area contributed by atoms with Crippen LogP contribution < -0.4 is 5.32 Å². The van der Waals surface area contributed by atoms with Gasteiger partial charge in [0.1, 0.15) is 0 Å². The van der Waals surface area contributed by atoms with Gasteiger partial charge in [-0.3, -0.25) is 9.59 Å². The predicted molar refractivity (Wildman–Crippen MR) is 82.2 cm³/mol. The molecule has 0 saturated carbocycles. The summed E-state index contributed by atoms with van der Waals surface area (Å²) in [6, 6.07) is 9.92. The van der Waals surface area contributed by atoms with Gasteiger partial charge in [0.05, 0.1) is 17.9 Å². The van der Waals surface area contributed by atoms with Crippen molar-refractivity contribution in [1.29, 1.82) is 0 Å². The molecule has 1 aliphatic rings. The number of benzene rings is 1. The maximum Gasteiger partial charge on any atom is 0.272 e. The van der Waals surface area contributed by atoms with Gasteiger partial charge in [0, 0.05) is 32.0 Å². The molecule has 1 aromatic heterocycles. The van der Waals surface area contributed by atoms with Crippen molar-refractivity contribution in [2.24, 2.45) is 5.92 Å². The van der Waals surface area contributed by atoms with Gasteiger partial charge >= 0.3 is 0 Å². The second kappa shape index (κ2) is 6.65. The lowest BCUT2D eigenvalue weighted by Gasteiger charge is -2.16. The highest BCUT2D eigenvalue weighted by molar-refractivity contribution is 6.99. The van der Waals surface area contributed by atoms with E-state index in [1.807, 2.05) is 35.2 Å². The van der Waals surface area contributed by atoms with Crippen molar-refractivity contribution in [2.75, 3.05) is 13.1 Å². The lowest BCUT2D eigenvalue weighted by atomic mass is 10.1. The summed E-state index contributed by atoms with van der Waals surface area (Å²) in [6.45, 7) is 1.77. The smallest absolute Gasteiger partial charge is 0.272 e. The van der Waals surface area contributed by atoms with Crippen molar-refractivity contribution in [3.63, 3.8) is 0 Å². The molecule has 2 heterocycles. The van der Waals surface area contributed by atoms with Crippen LogP contribution in [-0.2, 0) is 11.3 Å². The Labute approximate surface area is 132 Å². The summed E-state index contributed by atoms with van der Waals surface area (Å²) in [5.74, 6) is 0.0490. The molecule has 0 radical (unpaired) electrons. The van der Waals surface area contributed by atoms with Crippen LogP contribution in [0.4, 0.5) is 0 Å². The molecule has 1 saturated heterocycles. The van der Waals surface area contributed by atoms with Crippen molar-refractivity contribution in [2.45, 2.75) is 13.0 Å². The quantitative estimate of drug-likeness (QED) is 0.902. The van der Waals surface area contributed by atoms with Crippen LogP contribution in [-0.4, -0.2) is 38.6 Å². The van der Waals surface area contributed by atoms with Crippen molar-refractivity contribution in [3.8, 4) is 0 Å². The Morgan fingerprint density at radius 1 is 1.36 bits per heavy atom. The number of carbonyl (C=O) groups is 2. The number of carbonyl (C=O) groups excluding carboxylic acids is 2. The minimum absolute atomic E-state index is 0.137. The monoisotopic (exact) mass is 316 g/mol. The van der Waals surface area contributed by atoms with Gasteiger partial charge in [-0.1, -0.05) is 30.3 Å². The van der Waals surface area contributed by atoms with E-state index < -0.39 is 0 Å². The molecule has 2 amide bonds. The van der Waals surface area contributed by atoms with Crippen LogP contribution in [0.5, 0.6) is 0 Å². The molecule has 1 N–H and O–H groups in total. The third-order valence-electron chi connectivity index (χ3n) is 3.66. The summed E-state index contributed by atoms with van der Waals surface area (Å²) in [4.78, 5) is 25.7. The van der Waals surface area contributed by atoms with Crippen LogP contribution in [0.15, 0.2) is 36.5 Å². The number of rotatable bonds is 5. The third-order valence-corrected chi connectivity index (χ3v) is 4.13. The largest absolute Gasteiger partial charge is 0.350 e. The summed E-state index contributed by atoms with van der Waals surface area (Å²) < 4.78 is 7.69. The Kier molecular flexibility index (Phi) is 4.43. The van der Waals surface area contributed by atoms with Crippen LogP contribution >= 0.6 is 11.7 Å². The number of likely N-dealkylation sites (tertiary alicyclic amines) is 1. The fourth-order valence-corrected chi connectivity index (χ4v) is 2.95. The summed E-state index contributed by atoms with van der Waals surface area (Å²) in [5, 5.41) is 2.82. The zero-order chi connectivity index (χ0) is 15.4. The van der Waals surface area contributed by atoms with Gasteiger partial charge in [-0.25, -0.2) is 0 Å². The summed E-state index contributed by atoms with van der Waals surface area (Å²) in [6.07, 6.45) is 1.92. The number of nitrogens with zero attached hydrogens (tertiary/aromatic N) is 3. The van der Waals surface area contributed by atoms with E-state index in [0.717, 1.165) is 17.3 Å². The topological polar surface area (TPSA) is 75.2 Å². The van der Waals surface area contributed by atoms with E-state index >= 15 is 0 Å². The second-order valence-electron chi connectivity index (χ2n) is 5.33. The van der Waals surface area contributed by atoms with Crippen molar-refractivity contribution < 1.29 is 9.59 Å². The average molecular weight is 316 g/mol. The minimum Gasteiger partial charge on any atom is -0.350 e. The standard InChI is InChI=1S/C15H16N4O2S/c20-14-6-12(7-16-15(21)13-8-17-22-18-13)10-19(14)9-11-4-2-1-3-5-11/h1-5,8,12H,6-7,9-10H2,(H,16,21)/t12-/m1/s1. The van der Waals surface area contributed by atoms with E-state index in [1.165, 1.54) is 6.20 Å². The SMILES string of the molecule is O=C(NC[C@H]1CC(=O)N(Cc2ccccc2)C1)c1cnsn1. The maximum absolute atomic E-state index is 12.1. The highest BCUT2D eigenvalue weighted by Crippen LogP contribution is 2.19. The molecule has 0 aliphatic carbocycles. The van der Waals surface area contributed by atoms with Gasteiger partial charge in [0.15, 0.2) is 5.69 Å². The summed E-state index contributed by atoms with van der Waals surface area (Å²) >= 11 is 1.00. The van der Waals surface area contributed by atoms with Gasteiger partial charge in [-0.05, 0) is 5.56 Å². The molecule has 1 fully saturated rings. The van der Waals surface area contributed by atoms with Gasteiger partial charge in [0.25, 0.3) is 5.91 Å². The molecule has 1 aliphatic heterocycles. The lowest BCUT2D eigenvalue weighted by Crippen LogP contribution is -2.31. The molecular weight excluding hydrogens is 300 g/mol. The van der Waals surface area contributed by atoms with E-state index in [1.54, 1.807) is 0 Å². The molecule has 1 atom stereocenters. The zero-order valence-electron chi connectivity index (χ0n) is 11.9. The van der Waals surface area contributed by atoms with E-state index in [9.17, 15) is 9.59 Å². The molecule has 0 unspecified atom stereocenters. The van der Waals surface area contributed by atoms with E-state index in [2.05, 4.69) is 14.1 Å². The van der Waals surface area contributed by atoms with Crippen molar-refractivity contribution >= 4 is 23.5 Å². The Bertz CT molecular complexity index is 645. The first-order valence-electron chi connectivity index (χ1n) is 7.10. The van der Waals surface area contributed by atoms with Gasteiger partial charge < -0.3 is 10.2 Å². The molecule has 3 rings (SSSR count). The van der Waals surface area contributed by atoms with Gasteiger partial charge in [-0.15, -0.1) is 0 Å². The maximum atomic E-state index is 12.1. The number of nitrogens with one attached hydrogen (secondary N) is 1. The van der Waals surface area contributed by atoms with Crippen molar-refractivity contribution in [3.05, 3.63) is 47.8 Å². The van der Waals surface area contributed by atoms with Crippen molar-refractivity contribution in [1.82, 2.24) is 19.0 Å². The molecular formula is C15H16N4O2S. The molecule has 114 valence electrons. The molecule has 6 nitrogen and oxygen atoms in total. The molecule has 0 spiro atoms. The molecule has 22 heavy (non-hydrogen) atoms. The Hall–Kier alpha value is -2.28. The molecule has 1 aromatic carbocycles. The van der Waals surface area contributed by atoms with Crippen LogP contribution in [0, 0.1) is 5.92 Å². The Morgan fingerprint density at radius 2 is 2.18 bits per heavy atom. The molecule has 0 bridgehead atoms. The summed E-state index contributed by atoms with van der Waals surface area (Å²) in [5.41, 5.74) is 1.45. The normalized spacial score (nSPS) is 17.7. The first kappa shape index (κ1) is 14.6. The van der Waals surface area contributed by atoms with Gasteiger partial charge in [0.2, 0.25) is 5.91 Å². The molecule has 7 heteroatoms. The fraction of sp³-hybridized carbons (Fsp3) is 0.333. The summed E-state index contributed by atoms with van der Waals surface area (Å²) in [7, 11) is 0. The number of amides is 2. The Morgan fingerprint density at radius 3 is 2.91 bits per heavy atom. The fourth-order valence-electron chi connectivity index (χ4n) is 2.54. The number of hydrogen-bond acceptors (Lipinski definition) is 5. The minimum atomic E-state index is -0.234. The Balaban J connectivity index is 1.50. The predicted octanol–water partition coefficient (Wildman–Crippen LogP) is 1.32. The van der Waals surface area contributed by atoms with E-state index in [-0.39, 0.29) is 17.7 Å². The number of aromatic nitrogens is 2. The van der Waals surface area contributed by atoms with E-state index in [4.69, 9.17) is 0 Å². The highest BCUT2D eigenvalue weighted by Gasteiger charge is 2.29. The van der Waals surface area contributed by atoms with Crippen LogP contribution in [0.2, 0.25) is 0 Å².